The van der Waals surface area contributed by atoms with E-state index < -0.39 is 0 Å². The predicted molar refractivity (Wildman–Crippen MR) is 177 cm³/mol. The SMILES string of the molecule is COc1cccc(C(=O)NCc2nnc(SCC(=O)N3N=C(c4cccs4)CC3c3ccc(F)cc3)n2-c2cccc(C)c2C)c1. The highest BCUT2D eigenvalue weighted by Gasteiger charge is 2.34. The molecule has 0 spiro atoms. The third kappa shape index (κ3) is 6.58. The summed E-state index contributed by atoms with van der Waals surface area (Å²) in [5.74, 6) is 0.312. The van der Waals surface area contributed by atoms with E-state index in [4.69, 9.17) is 9.84 Å². The summed E-state index contributed by atoms with van der Waals surface area (Å²) in [5, 5.41) is 20.5. The lowest BCUT2D eigenvalue weighted by Crippen LogP contribution is -2.28. The molecule has 12 heteroatoms. The summed E-state index contributed by atoms with van der Waals surface area (Å²) in [5.41, 5.74) is 5.05. The van der Waals surface area contributed by atoms with Crippen molar-refractivity contribution >= 4 is 40.6 Å². The molecule has 1 unspecified atom stereocenters. The van der Waals surface area contributed by atoms with Gasteiger partial charge < -0.3 is 10.1 Å². The molecule has 0 bridgehead atoms. The summed E-state index contributed by atoms with van der Waals surface area (Å²) in [6.07, 6.45) is 0.526. The predicted octanol–water partition coefficient (Wildman–Crippen LogP) is 6.49. The van der Waals surface area contributed by atoms with Crippen LogP contribution in [0.4, 0.5) is 4.39 Å². The molecule has 5 aromatic rings. The first-order valence-corrected chi connectivity index (χ1v) is 16.4. The average Bonchev–Trinajstić information content (AvgIpc) is 3.85. The summed E-state index contributed by atoms with van der Waals surface area (Å²) in [7, 11) is 1.55. The minimum atomic E-state index is -0.356. The molecule has 1 aliphatic rings. The van der Waals surface area contributed by atoms with Gasteiger partial charge >= 0.3 is 0 Å². The van der Waals surface area contributed by atoms with Crippen molar-refractivity contribution in [2.75, 3.05) is 12.9 Å². The van der Waals surface area contributed by atoms with Crippen LogP contribution in [0.1, 0.15) is 50.2 Å². The van der Waals surface area contributed by atoms with Crippen molar-refractivity contribution in [3.63, 3.8) is 0 Å². The van der Waals surface area contributed by atoms with Crippen LogP contribution >= 0.6 is 23.1 Å². The molecule has 3 aromatic carbocycles. The number of rotatable bonds is 10. The van der Waals surface area contributed by atoms with Gasteiger partial charge in [-0.2, -0.15) is 5.10 Å². The van der Waals surface area contributed by atoms with Gasteiger partial charge in [0, 0.05) is 12.0 Å². The third-order valence-electron chi connectivity index (χ3n) is 7.81. The van der Waals surface area contributed by atoms with E-state index in [2.05, 4.69) is 15.5 Å². The topological polar surface area (TPSA) is 102 Å². The average molecular weight is 655 g/mol. The molecule has 234 valence electrons. The van der Waals surface area contributed by atoms with Gasteiger partial charge in [-0.15, -0.1) is 21.5 Å². The number of methoxy groups -OCH3 is 1. The molecule has 2 amide bonds. The number of nitrogens with zero attached hydrogens (tertiary/aromatic N) is 5. The number of aromatic nitrogens is 3. The number of aryl methyl sites for hydroxylation is 1. The number of hydrogen-bond acceptors (Lipinski definition) is 8. The summed E-state index contributed by atoms with van der Waals surface area (Å²) < 4.78 is 20.9. The van der Waals surface area contributed by atoms with Crippen molar-refractivity contribution in [3.05, 3.63) is 123 Å². The van der Waals surface area contributed by atoms with Crippen molar-refractivity contribution in [1.82, 2.24) is 25.1 Å². The maximum absolute atomic E-state index is 13.8. The van der Waals surface area contributed by atoms with Crippen LogP contribution < -0.4 is 10.1 Å². The molecule has 0 saturated carbocycles. The van der Waals surface area contributed by atoms with E-state index in [9.17, 15) is 14.0 Å². The maximum Gasteiger partial charge on any atom is 0.253 e. The summed E-state index contributed by atoms with van der Waals surface area (Å²) in [4.78, 5) is 27.8. The Bertz CT molecular complexity index is 1910. The highest BCUT2D eigenvalue weighted by Crippen LogP contribution is 2.35. The number of hydrogen-bond donors (Lipinski definition) is 1. The number of benzene rings is 3. The van der Waals surface area contributed by atoms with Crippen LogP contribution in [0, 0.1) is 19.7 Å². The van der Waals surface area contributed by atoms with Crippen LogP contribution in [0.5, 0.6) is 5.75 Å². The molecule has 46 heavy (non-hydrogen) atoms. The fraction of sp³-hybridized carbons (Fsp3) is 0.206. The van der Waals surface area contributed by atoms with Gasteiger partial charge in [0.25, 0.3) is 11.8 Å². The van der Waals surface area contributed by atoms with Crippen LogP contribution in [0.15, 0.2) is 94.5 Å². The number of carbonyl (C=O) groups is 2. The molecule has 9 nitrogen and oxygen atoms in total. The van der Waals surface area contributed by atoms with E-state index in [0.29, 0.717) is 28.7 Å². The van der Waals surface area contributed by atoms with Crippen molar-refractivity contribution < 1.29 is 18.7 Å². The number of amides is 2. The van der Waals surface area contributed by atoms with Crippen molar-refractivity contribution in [2.45, 2.75) is 38.0 Å². The van der Waals surface area contributed by atoms with Crippen LogP contribution in [0.2, 0.25) is 0 Å². The number of ether oxygens (including phenoxy) is 1. The molecule has 0 radical (unpaired) electrons. The van der Waals surface area contributed by atoms with Gasteiger partial charge in [-0.05, 0) is 78.4 Å². The lowest BCUT2D eigenvalue weighted by molar-refractivity contribution is -0.130. The van der Waals surface area contributed by atoms with Gasteiger partial charge in [0.1, 0.15) is 11.6 Å². The zero-order chi connectivity index (χ0) is 32.2. The number of thioether (sulfide) groups is 1. The van der Waals surface area contributed by atoms with Crippen LogP contribution in [-0.2, 0) is 11.3 Å². The minimum Gasteiger partial charge on any atom is -0.497 e. The second kappa shape index (κ2) is 13.7. The number of halogens is 1. The summed E-state index contributed by atoms with van der Waals surface area (Å²) >= 11 is 2.81. The molecule has 6 rings (SSSR count). The van der Waals surface area contributed by atoms with Gasteiger partial charge in [-0.1, -0.05) is 48.2 Å². The Hall–Kier alpha value is -4.81. The Morgan fingerprint density at radius 2 is 1.85 bits per heavy atom. The third-order valence-corrected chi connectivity index (χ3v) is 9.64. The first kappa shape index (κ1) is 31.2. The largest absolute Gasteiger partial charge is 0.497 e. The fourth-order valence-corrected chi connectivity index (χ4v) is 6.76. The minimum absolute atomic E-state index is 0.0398. The molecule has 2 aromatic heterocycles. The Labute approximate surface area is 274 Å². The van der Waals surface area contributed by atoms with Crippen LogP contribution in [-0.4, -0.2) is 50.2 Å². The number of nitrogens with one attached hydrogen (secondary N) is 1. The second-order valence-electron chi connectivity index (χ2n) is 10.7. The van der Waals surface area contributed by atoms with E-state index >= 15 is 0 Å². The van der Waals surface area contributed by atoms with E-state index in [-0.39, 0.29) is 36.0 Å². The van der Waals surface area contributed by atoms with Crippen molar-refractivity contribution in [1.29, 1.82) is 0 Å². The molecular weight excluding hydrogens is 624 g/mol. The molecule has 3 heterocycles. The molecule has 1 aliphatic heterocycles. The highest BCUT2D eigenvalue weighted by atomic mass is 32.2. The zero-order valence-corrected chi connectivity index (χ0v) is 27.1. The number of thiophene rings is 1. The van der Waals surface area contributed by atoms with E-state index in [1.165, 1.54) is 28.9 Å². The molecular formula is C34H31FN6O3S2. The Kier molecular flexibility index (Phi) is 9.27. The summed E-state index contributed by atoms with van der Waals surface area (Å²) in [6, 6.07) is 22.6. The molecule has 1 atom stereocenters. The van der Waals surface area contributed by atoms with Gasteiger partial charge in [-0.3, -0.25) is 14.2 Å². The lowest BCUT2D eigenvalue weighted by Gasteiger charge is -2.22. The van der Waals surface area contributed by atoms with Gasteiger partial charge in [-0.25, -0.2) is 9.40 Å². The lowest BCUT2D eigenvalue weighted by atomic mass is 10.0. The van der Waals surface area contributed by atoms with E-state index in [1.807, 2.05) is 54.1 Å². The Morgan fingerprint density at radius 1 is 1.04 bits per heavy atom. The highest BCUT2D eigenvalue weighted by molar-refractivity contribution is 7.99. The monoisotopic (exact) mass is 654 g/mol. The fourth-order valence-electron chi connectivity index (χ4n) is 5.22. The maximum atomic E-state index is 13.8. The van der Waals surface area contributed by atoms with E-state index in [0.717, 1.165) is 33.0 Å². The molecule has 1 N–H and O–H groups in total. The normalized spacial score (nSPS) is 14.3. The first-order valence-electron chi connectivity index (χ1n) is 14.6. The molecule has 0 saturated heterocycles. The van der Waals surface area contributed by atoms with Crippen LogP contribution in [0.3, 0.4) is 0 Å². The van der Waals surface area contributed by atoms with Crippen molar-refractivity contribution in [2.24, 2.45) is 5.10 Å². The Balaban J connectivity index is 1.25. The Morgan fingerprint density at radius 3 is 2.61 bits per heavy atom. The number of carbonyl (C=O) groups excluding carboxylic acids is 2. The zero-order valence-electron chi connectivity index (χ0n) is 25.4. The van der Waals surface area contributed by atoms with Gasteiger partial charge in [0.15, 0.2) is 11.0 Å². The van der Waals surface area contributed by atoms with E-state index in [1.54, 1.807) is 54.8 Å². The summed E-state index contributed by atoms with van der Waals surface area (Å²) in [6.45, 7) is 4.15. The van der Waals surface area contributed by atoms with Gasteiger partial charge in [0.05, 0.1) is 41.7 Å². The quantitative estimate of drug-likeness (QED) is 0.173. The number of hydrazone groups is 1. The first-order chi connectivity index (χ1) is 22.3. The van der Waals surface area contributed by atoms with Gasteiger partial charge in [0.2, 0.25) is 0 Å². The van der Waals surface area contributed by atoms with Crippen LogP contribution in [0.25, 0.3) is 5.69 Å². The standard InChI is InChI=1S/C34H31FN6O3S2/c1-21-7-4-10-28(22(21)2)40-31(19-36-33(43)24-8-5-9-26(17-24)44-3)37-38-34(40)46-20-32(42)41-29(23-12-14-25(35)15-13-23)18-27(39-41)30-11-6-16-45-30/h4-17,29H,18-20H2,1-3H3,(H,36,43). The second-order valence-corrected chi connectivity index (χ2v) is 12.6. The smallest absolute Gasteiger partial charge is 0.253 e. The molecule has 0 aliphatic carbocycles. The van der Waals surface area contributed by atoms with Crippen molar-refractivity contribution in [3.8, 4) is 11.4 Å². The molecule has 0 fully saturated rings.